The number of fused-ring (bicyclic) bond motifs is 2. The third-order valence-corrected chi connectivity index (χ3v) is 7.01. The number of anilines is 2. The van der Waals surface area contributed by atoms with Gasteiger partial charge < -0.3 is 20.1 Å². The van der Waals surface area contributed by atoms with E-state index >= 15 is 0 Å². The highest BCUT2D eigenvalue weighted by Crippen LogP contribution is 2.57. The zero-order valence-electron chi connectivity index (χ0n) is 17.1. The quantitative estimate of drug-likeness (QED) is 0.611. The minimum absolute atomic E-state index is 0.0297. The molecule has 0 unspecified atom stereocenters. The molecule has 1 aromatic heterocycles. The van der Waals surface area contributed by atoms with Crippen molar-refractivity contribution in [2.24, 2.45) is 5.41 Å². The van der Waals surface area contributed by atoms with Gasteiger partial charge in [0.2, 0.25) is 5.92 Å². The molecular formula is C24H24F2N4O. The van der Waals surface area contributed by atoms with Crippen molar-refractivity contribution < 1.29 is 13.6 Å². The predicted molar refractivity (Wildman–Crippen MR) is 117 cm³/mol. The summed E-state index contributed by atoms with van der Waals surface area (Å²) >= 11 is 0. The van der Waals surface area contributed by atoms with Gasteiger partial charge >= 0.3 is 6.03 Å². The smallest absolute Gasteiger partial charge is 0.322 e. The van der Waals surface area contributed by atoms with Crippen LogP contribution in [0.4, 0.5) is 25.0 Å². The number of alkyl halides is 2. The van der Waals surface area contributed by atoms with Gasteiger partial charge in [-0.15, -0.1) is 0 Å². The number of carbonyl (C=O) groups is 1. The van der Waals surface area contributed by atoms with Crippen LogP contribution < -0.4 is 10.2 Å². The Morgan fingerprint density at radius 1 is 1.06 bits per heavy atom. The van der Waals surface area contributed by atoms with E-state index in [9.17, 15) is 13.6 Å². The summed E-state index contributed by atoms with van der Waals surface area (Å²) in [6, 6.07) is 14.1. The van der Waals surface area contributed by atoms with Crippen molar-refractivity contribution >= 4 is 28.3 Å². The molecule has 3 heterocycles. The number of aromatic nitrogens is 1. The Morgan fingerprint density at radius 2 is 1.87 bits per heavy atom. The molecule has 0 bridgehead atoms. The molecule has 1 saturated heterocycles. The number of nitrogens with one attached hydrogen (secondary N) is 2. The Hall–Kier alpha value is -3.09. The molecule has 2 N–H and O–H groups in total. The zero-order chi connectivity index (χ0) is 21.2. The summed E-state index contributed by atoms with van der Waals surface area (Å²) in [6.07, 6.45) is 2.68. The lowest BCUT2D eigenvalue weighted by molar-refractivity contribution is -0.170. The number of aromatic amines is 1. The number of hydrogen-bond acceptors (Lipinski definition) is 2. The van der Waals surface area contributed by atoms with Gasteiger partial charge in [0.25, 0.3) is 0 Å². The number of hydrogen-bond donors (Lipinski definition) is 2. The fourth-order valence-corrected chi connectivity index (χ4v) is 5.49. The van der Waals surface area contributed by atoms with Crippen LogP contribution in [0.1, 0.15) is 24.0 Å². The summed E-state index contributed by atoms with van der Waals surface area (Å²) < 4.78 is 26.5. The maximum Gasteiger partial charge on any atom is 0.322 e. The van der Waals surface area contributed by atoms with Crippen LogP contribution in [0.5, 0.6) is 0 Å². The van der Waals surface area contributed by atoms with Gasteiger partial charge in [0.05, 0.1) is 5.69 Å². The molecule has 7 heteroatoms. The first kappa shape index (κ1) is 18.7. The van der Waals surface area contributed by atoms with Gasteiger partial charge in [-0.1, -0.05) is 24.3 Å². The van der Waals surface area contributed by atoms with Crippen LogP contribution in [0.2, 0.25) is 0 Å². The molecule has 2 amide bonds. The molecule has 1 aliphatic carbocycles. The van der Waals surface area contributed by atoms with Crippen LogP contribution >= 0.6 is 0 Å². The van der Waals surface area contributed by atoms with Crippen molar-refractivity contribution in [1.29, 1.82) is 0 Å². The van der Waals surface area contributed by atoms with Gasteiger partial charge in [0.1, 0.15) is 0 Å². The highest BCUT2D eigenvalue weighted by atomic mass is 19.3. The number of para-hydroxylation sites is 1. The fourth-order valence-electron chi connectivity index (χ4n) is 5.49. The first-order valence-corrected chi connectivity index (χ1v) is 10.8. The molecule has 31 heavy (non-hydrogen) atoms. The highest BCUT2D eigenvalue weighted by Gasteiger charge is 2.61. The topological polar surface area (TPSA) is 51.4 Å². The van der Waals surface area contributed by atoms with Gasteiger partial charge in [-0.3, -0.25) is 0 Å². The van der Waals surface area contributed by atoms with Crippen LogP contribution in [0, 0.1) is 5.41 Å². The van der Waals surface area contributed by atoms with Gasteiger partial charge in [0, 0.05) is 67.2 Å². The largest absolute Gasteiger partial charge is 0.370 e. The molecule has 2 aromatic carbocycles. The minimum Gasteiger partial charge on any atom is -0.370 e. The molecule has 0 radical (unpaired) electrons. The first-order chi connectivity index (χ1) is 14.9. The summed E-state index contributed by atoms with van der Waals surface area (Å²) in [5.41, 5.74) is 5.11. The highest BCUT2D eigenvalue weighted by molar-refractivity contribution is 6.01. The lowest BCUT2D eigenvalue weighted by Crippen LogP contribution is -2.66. The fraction of sp³-hybridized carbons (Fsp3) is 0.375. The van der Waals surface area contributed by atoms with E-state index in [2.05, 4.69) is 33.4 Å². The van der Waals surface area contributed by atoms with Gasteiger partial charge in [0.15, 0.2) is 0 Å². The van der Waals surface area contributed by atoms with E-state index in [1.54, 1.807) is 0 Å². The Morgan fingerprint density at radius 3 is 2.68 bits per heavy atom. The molecule has 1 saturated carbocycles. The second-order valence-electron chi connectivity index (χ2n) is 9.37. The summed E-state index contributed by atoms with van der Waals surface area (Å²) in [4.78, 5) is 20.1. The lowest BCUT2D eigenvalue weighted by atomic mass is 9.61. The monoisotopic (exact) mass is 422 g/mol. The van der Waals surface area contributed by atoms with Gasteiger partial charge in [-0.05, 0) is 35.7 Å². The number of H-pyrrole nitrogens is 1. The zero-order valence-corrected chi connectivity index (χ0v) is 17.1. The van der Waals surface area contributed by atoms with E-state index in [4.69, 9.17) is 0 Å². The van der Waals surface area contributed by atoms with Crippen molar-refractivity contribution in [2.75, 3.05) is 29.9 Å². The summed E-state index contributed by atoms with van der Waals surface area (Å²) in [5, 5.41) is 4.02. The van der Waals surface area contributed by atoms with Crippen LogP contribution in [0.3, 0.4) is 0 Å². The maximum absolute atomic E-state index is 13.2. The standard InChI is InChI=1S/C24H24F2N4O/c25-24(26)12-23(13-24)14-30(15-23)18-6-5-17-11-29(8-7-16(17)9-18)22(31)28-21-10-27-20-4-2-1-3-19(20)21/h1-6,9-10,27H,7-8,11-15H2,(H,28,31). The molecule has 2 aliphatic heterocycles. The molecule has 3 aromatic rings. The normalized spacial score (nSPS) is 20.8. The molecule has 160 valence electrons. The van der Waals surface area contributed by atoms with E-state index in [1.165, 1.54) is 5.56 Å². The van der Waals surface area contributed by atoms with E-state index in [0.29, 0.717) is 13.1 Å². The number of nitrogens with zero attached hydrogens (tertiary/aromatic N) is 2. The van der Waals surface area contributed by atoms with Crippen molar-refractivity contribution in [1.82, 2.24) is 9.88 Å². The molecule has 0 atom stereocenters. The third kappa shape index (κ3) is 3.14. The third-order valence-electron chi connectivity index (χ3n) is 7.01. The molecule has 5 nitrogen and oxygen atoms in total. The molecule has 3 aliphatic rings. The Kier molecular flexibility index (Phi) is 3.88. The molecular weight excluding hydrogens is 398 g/mol. The number of urea groups is 1. The van der Waals surface area contributed by atoms with Crippen LogP contribution in [-0.2, 0) is 13.0 Å². The van der Waals surface area contributed by atoms with E-state index in [1.807, 2.05) is 35.4 Å². The molecule has 2 fully saturated rings. The average Bonchev–Trinajstić information content (AvgIpc) is 3.12. The summed E-state index contributed by atoms with van der Waals surface area (Å²) in [7, 11) is 0. The van der Waals surface area contributed by atoms with Crippen LogP contribution in [0.15, 0.2) is 48.7 Å². The van der Waals surface area contributed by atoms with E-state index in [0.717, 1.165) is 47.4 Å². The minimum atomic E-state index is -2.46. The first-order valence-electron chi connectivity index (χ1n) is 10.8. The lowest BCUT2D eigenvalue weighted by Gasteiger charge is -2.59. The predicted octanol–water partition coefficient (Wildman–Crippen LogP) is 4.99. The number of amides is 2. The van der Waals surface area contributed by atoms with Crippen molar-refractivity contribution in [3.8, 4) is 0 Å². The maximum atomic E-state index is 13.2. The van der Waals surface area contributed by atoms with Crippen LogP contribution in [0.25, 0.3) is 10.9 Å². The Balaban J connectivity index is 1.11. The second-order valence-corrected chi connectivity index (χ2v) is 9.37. The van der Waals surface area contributed by atoms with Crippen molar-refractivity contribution in [2.45, 2.75) is 31.7 Å². The SMILES string of the molecule is O=C(Nc1c[nH]c2ccccc12)N1CCc2cc(N3CC4(C3)CC(F)(F)C4)ccc2C1. The second kappa shape index (κ2) is 6.45. The number of benzene rings is 2. The number of rotatable bonds is 2. The van der Waals surface area contributed by atoms with Crippen molar-refractivity contribution in [3.05, 3.63) is 59.8 Å². The molecule has 6 rings (SSSR count). The number of carbonyl (C=O) groups excluding carboxylic acids is 1. The summed E-state index contributed by atoms with van der Waals surface area (Å²) in [6.45, 7) is 2.67. The van der Waals surface area contributed by atoms with Gasteiger partial charge in [-0.2, -0.15) is 0 Å². The average molecular weight is 422 g/mol. The summed E-state index contributed by atoms with van der Waals surface area (Å²) in [5.74, 6) is -2.46. The molecule has 1 spiro atoms. The Labute approximate surface area is 179 Å². The van der Waals surface area contributed by atoms with Gasteiger partial charge in [-0.25, -0.2) is 13.6 Å². The number of halogens is 2. The van der Waals surface area contributed by atoms with Crippen LogP contribution in [-0.4, -0.2) is 41.5 Å². The van der Waals surface area contributed by atoms with Crippen molar-refractivity contribution in [3.63, 3.8) is 0 Å². The van der Waals surface area contributed by atoms with E-state index < -0.39 is 5.92 Å². The van der Waals surface area contributed by atoms with E-state index in [-0.39, 0.29) is 24.3 Å². The Bertz CT molecular complexity index is 1170.